The average molecular weight is 414 g/mol. The lowest BCUT2D eigenvalue weighted by atomic mass is 9.99. The zero-order valence-electron chi connectivity index (χ0n) is 14.8. The summed E-state index contributed by atoms with van der Waals surface area (Å²) in [5.74, 6) is 1.19. The molecule has 4 rings (SSSR count). The van der Waals surface area contributed by atoms with Crippen LogP contribution in [0.25, 0.3) is 21.3 Å². The first-order chi connectivity index (χ1) is 13.0. The molecule has 136 valence electrons. The highest BCUT2D eigenvalue weighted by atomic mass is 35.5. The average Bonchev–Trinajstić information content (AvgIpc) is 3.10. The van der Waals surface area contributed by atoms with Crippen LogP contribution in [-0.2, 0) is 0 Å². The molecule has 0 spiro atoms. The summed E-state index contributed by atoms with van der Waals surface area (Å²) in [6.07, 6.45) is 1.55. The number of nitrogens with zero attached hydrogens (tertiary/aromatic N) is 2. The van der Waals surface area contributed by atoms with Gasteiger partial charge in [0.05, 0.1) is 21.1 Å². The van der Waals surface area contributed by atoms with E-state index in [1.165, 1.54) is 5.56 Å². The van der Waals surface area contributed by atoms with E-state index in [9.17, 15) is 0 Å². The van der Waals surface area contributed by atoms with Gasteiger partial charge in [-0.15, -0.1) is 11.3 Å². The molecule has 1 N–H and O–H groups in total. The van der Waals surface area contributed by atoms with E-state index < -0.39 is 0 Å². The van der Waals surface area contributed by atoms with Gasteiger partial charge in [0.1, 0.15) is 17.0 Å². The molecule has 0 aliphatic heterocycles. The summed E-state index contributed by atoms with van der Waals surface area (Å²) < 4.78 is 0. The van der Waals surface area contributed by atoms with E-state index in [2.05, 4.69) is 58.8 Å². The van der Waals surface area contributed by atoms with Crippen LogP contribution in [0.3, 0.4) is 0 Å². The largest absolute Gasteiger partial charge is 0.337 e. The van der Waals surface area contributed by atoms with Crippen molar-refractivity contribution in [2.75, 3.05) is 5.32 Å². The molecular formula is C21H17Cl2N3S. The third-order valence-corrected chi connectivity index (χ3v) is 5.98. The summed E-state index contributed by atoms with van der Waals surface area (Å²) in [7, 11) is 0. The lowest BCUT2D eigenvalue weighted by Crippen LogP contribution is -1.97. The molecule has 0 radical (unpaired) electrons. The molecule has 6 heteroatoms. The normalized spacial score (nSPS) is 11.3. The number of nitrogens with one attached hydrogen (secondary N) is 1. The standard InChI is InChI=1S/C21H17Cl2N3S/c1-12(2)13-6-8-14(9-7-13)15-10-27-21-18(15)20(24-11-25-21)26-19-16(22)4-3-5-17(19)23/h3-12H,1-2H3,(H,24,25,26). The maximum atomic E-state index is 6.32. The van der Waals surface area contributed by atoms with Crippen molar-refractivity contribution in [3.8, 4) is 11.1 Å². The first kappa shape index (κ1) is 18.2. The summed E-state index contributed by atoms with van der Waals surface area (Å²) in [6.45, 7) is 4.39. The van der Waals surface area contributed by atoms with Crippen LogP contribution in [0.1, 0.15) is 25.3 Å². The topological polar surface area (TPSA) is 37.8 Å². The second kappa shape index (κ2) is 7.47. The number of hydrogen-bond donors (Lipinski definition) is 1. The number of benzene rings is 2. The molecule has 0 amide bonds. The Morgan fingerprint density at radius 3 is 2.33 bits per heavy atom. The van der Waals surface area contributed by atoms with Crippen molar-refractivity contribution >= 4 is 56.3 Å². The van der Waals surface area contributed by atoms with Gasteiger partial charge in [-0.3, -0.25) is 0 Å². The van der Waals surface area contributed by atoms with Gasteiger partial charge < -0.3 is 5.32 Å². The Hall–Kier alpha value is -2.14. The van der Waals surface area contributed by atoms with Crippen LogP contribution in [0.5, 0.6) is 0 Å². The van der Waals surface area contributed by atoms with Crippen molar-refractivity contribution in [2.24, 2.45) is 0 Å². The number of aromatic nitrogens is 2. The fourth-order valence-corrected chi connectivity index (χ4v) is 4.37. The molecule has 0 aliphatic rings. The number of fused-ring (bicyclic) bond motifs is 1. The Bertz CT molecular complexity index is 1080. The smallest absolute Gasteiger partial charge is 0.143 e. The maximum absolute atomic E-state index is 6.32. The SMILES string of the molecule is CC(C)c1ccc(-c2csc3ncnc(Nc4c(Cl)cccc4Cl)c23)cc1. The lowest BCUT2D eigenvalue weighted by molar-refractivity contribution is 0.867. The molecule has 0 saturated heterocycles. The van der Waals surface area contributed by atoms with Crippen LogP contribution in [0, 0.1) is 0 Å². The third kappa shape index (κ3) is 3.53. The van der Waals surface area contributed by atoms with Crippen molar-refractivity contribution in [3.63, 3.8) is 0 Å². The molecule has 2 aromatic carbocycles. The van der Waals surface area contributed by atoms with Crippen molar-refractivity contribution in [1.29, 1.82) is 0 Å². The van der Waals surface area contributed by atoms with E-state index >= 15 is 0 Å². The highest BCUT2D eigenvalue weighted by molar-refractivity contribution is 7.17. The van der Waals surface area contributed by atoms with Crippen LogP contribution in [0.4, 0.5) is 11.5 Å². The van der Waals surface area contributed by atoms with Gasteiger partial charge in [0.15, 0.2) is 0 Å². The molecule has 0 atom stereocenters. The summed E-state index contributed by atoms with van der Waals surface area (Å²) >= 11 is 14.2. The van der Waals surface area contributed by atoms with Crippen LogP contribution >= 0.6 is 34.5 Å². The zero-order chi connectivity index (χ0) is 19.0. The molecular weight excluding hydrogens is 397 g/mol. The van der Waals surface area contributed by atoms with E-state index in [4.69, 9.17) is 23.2 Å². The van der Waals surface area contributed by atoms with Crippen molar-refractivity contribution in [1.82, 2.24) is 9.97 Å². The Balaban J connectivity index is 1.82. The van der Waals surface area contributed by atoms with Crippen LogP contribution in [0.2, 0.25) is 10.0 Å². The molecule has 27 heavy (non-hydrogen) atoms. The minimum absolute atomic E-state index is 0.501. The Morgan fingerprint density at radius 2 is 1.67 bits per heavy atom. The van der Waals surface area contributed by atoms with Gasteiger partial charge in [0, 0.05) is 10.9 Å². The minimum Gasteiger partial charge on any atom is -0.337 e. The van der Waals surface area contributed by atoms with Gasteiger partial charge in [-0.1, -0.05) is 67.4 Å². The summed E-state index contributed by atoms with van der Waals surface area (Å²) in [5.41, 5.74) is 4.19. The molecule has 0 bridgehead atoms. The van der Waals surface area contributed by atoms with E-state index in [1.807, 2.05) is 6.07 Å². The van der Waals surface area contributed by atoms with Crippen LogP contribution < -0.4 is 5.32 Å². The Kier molecular flexibility index (Phi) is 5.04. The van der Waals surface area contributed by atoms with Crippen molar-refractivity contribution < 1.29 is 0 Å². The van der Waals surface area contributed by atoms with E-state index in [1.54, 1.807) is 29.8 Å². The fraction of sp³-hybridized carbons (Fsp3) is 0.143. The summed E-state index contributed by atoms with van der Waals surface area (Å²) in [4.78, 5) is 9.79. The van der Waals surface area contributed by atoms with E-state index in [-0.39, 0.29) is 0 Å². The third-order valence-electron chi connectivity index (χ3n) is 4.46. The van der Waals surface area contributed by atoms with Gasteiger partial charge in [-0.2, -0.15) is 0 Å². The lowest BCUT2D eigenvalue weighted by Gasteiger charge is -2.12. The summed E-state index contributed by atoms with van der Waals surface area (Å²) in [5, 5.41) is 7.48. The Labute approximate surface area is 172 Å². The molecule has 2 heterocycles. The quantitative estimate of drug-likeness (QED) is 0.375. The second-order valence-corrected chi connectivity index (χ2v) is 8.22. The number of thiophene rings is 1. The van der Waals surface area contributed by atoms with Gasteiger partial charge in [-0.05, 0) is 29.2 Å². The first-order valence-corrected chi connectivity index (χ1v) is 10.2. The van der Waals surface area contributed by atoms with Gasteiger partial charge in [0.2, 0.25) is 0 Å². The predicted octanol–water partition coefficient (Wildman–Crippen LogP) is 7.53. The van der Waals surface area contributed by atoms with E-state index in [0.29, 0.717) is 27.5 Å². The van der Waals surface area contributed by atoms with Crippen molar-refractivity contribution in [2.45, 2.75) is 19.8 Å². The molecule has 4 aromatic rings. The molecule has 2 aromatic heterocycles. The number of para-hydroxylation sites is 1. The maximum Gasteiger partial charge on any atom is 0.143 e. The molecule has 0 saturated carbocycles. The zero-order valence-corrected chi connectivity index (χ0v) is 17.2. The highest BCUT2D eigenvalue weighted by Crippen LogP contribution is 2.40. The van der Waals surface area contributed by atoms with Crippen LogP contribution in [-0.4, -0.2) is 9.97 Å². The van der Waals surface area contributed by atoms with Gasteiger partial charge in [-0.25, -0.2) is 9.97 Å². The Morgan fingerprint density at radius 1 is 0.963 bits per heavy atom. The minimum atomic E-state index is 0.501. The summed E-state index contributed by atoms with van der Waals surface area (Å²) in [6, 6.07) is 14.1. The first-order valence-electron chi connectivity index (χ1n) is 8.58. The number of halogens is 2. The molecule has 0 unspecified atom stereocenters. The van der Waals surface area contributed by atoms with E-state index in [0.717, 1.165) is 21.3 Å². The monoisotopic (exact) mass is 413 g/mol. The molecule has 3 nitrogen and oxygen atoms in total. The molecule has 0 aliphatic carbocycles. The van der Waals surface area contributed by atoms with Gasteiger partial charge in [0.25, 0.3) is 0 Å². The highest BCUT2D eigenvalue weighted by Gasteiger charge is 2.15. The van der Waals surface area contributed by atoms with Crippen molar-refractivity contribution in [3.05, 3.63) is 69.8 Å². The number of anilines is 2. The van der Waals surface area contributed by atoms with Crippen LogP contribution in [0.15, 0.2) is 54.2 Å². The number of rotatable bonds is 4. The second-order valence-electron chi connectivity index (χ2n) is 6.55. The predicted molar refractivity (Wildman–Crippen MR) is 117 cm³/mol. The fourth-order valence-electron chi connectivity index (χ4n) is 2.97. The van der Waals surface area contributed by atoms with Gasteiger partial charge >= 0.3 is 0 Å². The number of hydrogen-bond acceptors (Lipinski definition) is 4. The molecule has 0 fully saturated rings.